The molecular weight excluding hydrogens is 114 g/mol. The van der Waals surface area contributed by atoms with E-state index in [2.05, 4.69) is 5.32 Å². The molecule has 1 saturated heterocycles. The van der Waals surface area contributed by atoms with Gasteiger partial charge in [-0.25, -0.2) is 0 Å². The van der Waals surface area contributed by atoms with Crippen molar-refractivity contribution < 1.29 is 5.11 Å². The highest BCUT2D eigenvalue weighted by Gasteiger charge is 2.43. The molecule has 2 aliphatic rings. The lowest BCUT2D eigenvalue weighted by Gasteiger charge is -2.24. The van der Waals surface area contributed by atoms with Crippen molar-refractivity contribution >= 4 is 0 Å². The summed E-state index contributed by atoms with van der Waals surface area (Å²) in [4.78, 5) is 0. The highest BCUT2D eigenvalue weighted by molar-refractivity contribution is 5.02. The van der Waals surface area contributed by atoms with Crippen LogP contribution in [0.3, 0.4) is 0 Å². The second kappa shape index (κ2) is 1.70. The van der Waals surface area contributed by atoms with Gasteiger partial charge < -0.3 is 10.4 Å². The predicted molar refractivity (Wildman–Crippen MR) is 35.2 cm³/mol. The van der Waals surface area contributed by atoms with Crippen LogP contribution in [0.5, 0.6) is 0 Å². The molecule has 0 amide bonds. The van der Waals surface area contributed by atoms with E-state index in [1.54, 1.807) is 0 Å². The summed E-state index contributed by atoms with van der Waals surface area (Å²) < 4.78 is 0. The Morgan fingerprint density at radius 2 is 2.56 bits per heavy atom. The molecule has 1 unspecified atom stereocenters. The third kappa shape index (κ3) is 0.700. The van der Waals surface area contributed by atoms with Crippen molar-refractivity contribution in [1.29, 1.82) is 0 Å². The minimum Gasteiger partial charge on any atom is -0.394 e. The van der Waals surface area contributed by atoms with Crippen LogP contribution < -0.4 is 5.32 Å². The maximum absolute atomic E-state index is 8.98. The van der Waals surface area contributed by atoms with Gasteiger partial charge in [0.1, 0.15) is 0 Å². The van der Waals surface area contributed by atoms with Crippen molar-refractivity contribution in [3.05, 3.63) is 0 Å². The van der Waals surface area contributed by atoms with Crippen molar-refractivity contribution in [1.82, 2.24) is 5.32 Å². The molecule has 0 aromatic heterocycles. The summed E-state index contributed by atoms with van der Waals surface area (Å²) in [5.74, 6) is 0.872. The van der Waals surface area contributed by atoms with E-state index >= 15 is 0 Å². The highest BCUT2D eigenvalue weighted by atomic mass is 16.3. The van der Waals surface area contributed by atoms with Gasteiger partial charge in [-0.05, 0) is 31.7 Å². The maximum atomic E-state index is 8.98. The third-order valence-corrected chi connectivity index (χ3v) is 2.78. The first-order chi connectivity index (χ1) is 4.35. The molecule has 9 heavy (non-hydrogen) atoms. The summed E-state index contributed by atoms with van der Waals surface area (Å²) in [7, 11) is 0. The van der Waals surface area contributed by atoms with Gasteiger partial charge >= 0.3 is 0 Å². The topological polar surface area (TPSA) is 32.3 Å². The van der Waals surface area contributed by atoms with Gasteiger partial charge in [0.25, 0.3) is 0 Å². The van der Waals surface area contributed by atoms with E-state index in [9.17, 15) is 0 Å². The van der Waals surface area contributed by atoms with Crippen LogP contribution in [0.2, 0.25) is 0 Å². The molecule has 2 bridgehead atoms. The van der Waals surface area contributed by atoms with Crippen LogP contribution in [-0.2, 0) is 0 Å². The van der Waals surface area contributed by atoms with E-state index in [1.807, 2.05) is 0 Å². The molecule has 52 valence electrons. The molecule has 1 aliphatic heterocycles. The van der Waals surface area contributed by atoms with E-state index in [-0.39, 0.29) is 5.54 Å². The largest absolute Gasteiger partial charge is 0.394 e. The smallest absolute Gasteiger partial charge is 0.0613 e. The van der Waals surface area contributed by atoms with Gasteiger partial charge in [0.15, 0.2) is 0 Å². The van der Waals surface area contributed by atoms with Crippen LogP contribution in [0.25, 0.3) is 0 Å². The molecule has 2 rings (SSSR count). The summed E-state index contributed by atoms with van der Waals surface area (Å²) in [6.45, 7) is 1.48. The number of aliphatic hydroxyl groups excluding tert-OH is 1. The Hall–Kier alpha value is -0.0800. The lowest BCUT2D eigenvalue weighted by Crippen LogP contribution is -2.43. The van der Waals surface area contributed by atoms with Crippen molar-refractivity contribution in [2.45, 2.75) is 24.8 Å². The van der Waals surface area contributed by atoms with Crippen LogP contribution in [0, 0.1) is 5.92 Å². The van der Waals surface area contributed by atoms with Crippen LogP contribution in [-0.4, -0.2) is 23.8 Å². The standard InChI is InChI=1S/C7H13NO/c9-5-7-2-1-6(3-7)4-8-7/h6,8-9H,1-5H2/t6?,7-/m0/s1. The lowest BCUT2D eigenvalue weighted by molar-refractivity contribution is 0.178. The fourth-order valence-electron chi connectivity index (χ4n) is 2.13. The zero-order valence-electron chi connectivity index (χ0n) is 5.56. The van der Waals surface area contributed by atoms with Gasteiger partial charge in [0.05, 0.1) is 6.61 Å². The fraction of sp³-hybridized carbons (Fsp3) is 1.00. The van der Waals surface area contributed by atoms with Gasteiger partial charge in [0, 0.05) is 5.54 Å². The molecule has 2 nitrogen and oxygen atoms in total. The predicted octanol–water partition coefficient (Wildman–Crippen LogP) is 0.121. The van der Waals surface area contributed by atoms with Crippen LogP contribution >= 0.6 is 0 Å². The van der Waals surface area contributed by atoms with E-state index in [0.717, 1.165) is 12.5 Å². The van der Waals surface area contributed by atoms with Gasteiger partial charge in [-0.3, -0.25) is 0 Å². The Bertz CT molecular complexity index is 116. The molecule has 0 spiro atoms. The second-order valence-corrected chi connectivity index (χ2v) is 3.43. The lowest BCUT2D eigenvalue weighted by atomic mass is 10.0. The maximum Gasteiger partial charge on any atom is 0.0613 e. The normalized spacial score (nSPS) is 48.3. The van der Waals surface area contributed by atoms with Crippen molar-refractivity contribution in [3.8, 4) is 0 Å². The molecule has 2 atom stereocenters. The molecule has 0 radical (unpaired) electrons. The zero-order chi connectivity index (χ0) is 6.32. The molecule has 0 aromatic rings. The molecule has 1 aliphatic carbocycles. The molecule has 1 saturated carbocycles. The highest BCUT2D eigenvalue weighted by Crippen LogP contribution is 2.39. The minimum absolute atomic E-state index is 0.157. The van der Waals surface area contributed by atoms with Crippen LogP contribution in [0.15, 0.2) is 0 Å². The summed E-state index contributed by atoms with van der Waals surface area (Å²) in [6.07, 6.45) is 3.73. The van der Waals surface area contributed by atoms with Crippen LogP contribution in [0.1, 0.15) is 19.3 Å². The number of piperidine rings is 1. The summed E-state index contributed by atoms with van der Waals surface area (Å²) in [6, 6.07) is 0. The Kier molecular flexibility index (Phi) is 1.08. The van der Waals surface area contributed by atoms with Gasteiger partial charge in [0.2, 0.25) is 0 Å². The van der Waals surface area contributed by atoms with E-state index < -0.39 is 0 Å². The number of aliphatic hydroxyl groups is 1. The quantitative estimate of drug-likeness (QED) is 0.524. The summed E-state index contributed by atoms with van der Waals surface area (Å²) in [5.41, 5.74) is 0.157. The van der Waals surface area contributed by atoms with Crippen LogP contribution in [0.4, 0.5) is 0 Å². The minimum atomic E-state index is 0.157. The molecular formula is C7H13NO. The number of nitrogens with one attached hydrogen (secondary N) is 1. The van der Waals surface area contributed by atoms with Gasteiger partial charge in [-0.2, -0.15) is 0 Å². The number of hydrogen-bond donors (Lipinski definition) is 2. The van der Waals surface area contributed by atoms with E-state index in [1.165, 1.54) is 19.3 Å². The second-order valence-electron chi connectivity index (χ2n) is 3.43. The Morgan fingerprint density at radius 3 is 2.78 bits per heavy atom. The average molecular weight is 127 g/mol. The SMILES string of the molecule is OC[C@@]12CCC(CN1)C2. The Labute approximate surface area is 55.3 Å². The van der Waals surface area contributed by atoms with Gasteiger partial charge in [-0.15, -0.1) is 0 Å². The first kappa shape index (κ1) is 5.69. The molecule has 0 aromatic carbocycles. The fourth-order valence-corrected chi connectivity index (χ4v) is 2.13. The third-order valence-electron chi connectivity index (χ3n) is 2.78. The Morgan fingerprint density at radius 1 is 1.67 bits per heavy atom. The van der Waals surface area contributed by atoms with E-state index in [4.69, 9.17) is 5.11 Å². The molecule has 1 heterocycles. The monoisotopic (exact) mass is 127 g/mol. The Balaban J connectivity index is 2.13. The molecule has 2 fully saturated rings. The summed E-state index contributed by atoms with van der Waals surface area (Å²) >= 11 is 0. The van der Waals surface area contributed by atoms with Gasteiger partial charge in [-0.1, -0.05) is 0 Å². The summed E-state index contributed by atoms with van der Waals surface area (Å²) in [5, 5.41) is 12.3. The van der Waals surface area contributed by atoms with Crippen molar-refractivity contribution in [2.24, 2.45) is 5.92 Å². The van der Waals surface area contributed by atoms with Crippen molar-refractivity contribution in [3.63, 3.8) is 0 Å². The first-order valence-electron chi connectivity index (χ1n) is 3.71. The number of fused-ring (bicyclic) bond motifs is 2. The zero-order valence-corrected chi connectivity index (χ0v) is 5.56. The first-order valence-corrected chi connectivity index (χ1v) is 3.71. The molecule has 2 N–H and O–H groups in total. The van der Waals surface area contributed by atoms with Crippen molar-refractivity contribution in [2.75, 3.05) is 13.2 Å². The van der Waals surface area contributed by atoms with E-state index in [0.29, 0.717) is 6.61 Å². The average Bonchev–Trinajstić information content (AvgIpc) is 2.46. The number of rotatable bonds is 1. The molecule has 2 heteroatoms. The number of hydrogen-bond acceptors (Lipinski definition) is 2.